The van der Waals surface area contributed by atoms with Gasteiger partial charge in [0.05, 0.1) is 0 Å². The maximum Gasteiger partial charge on any atom is 0.223 e. The van der Waals surface area contributed by atoms with E-state index in [4.69, 9.17) is 0 Å². The second kappa shape index (κ2) is 6.77. The molecular weight excluding hydrogens is 214 g/mol. The van der Waals surface area contributed by atoms with Gasteiger partial charge in [-0.15, -0.1) is 0 Å². The van der Waals surface area contributed by atoms with Crippen LogP contribution in [-0.4, -0.2) is 50.1 Å². The lowest BCUT2D eigenvalue weighted by molar-refractivity contribution is -0.124. The van der Waals surface area contributed by atoms with Gasteiger partial charge in [0.1, 0.15) is 0 Å². The number of rotatable bonds is 5. The summed E-state index contributed by atoms with van der Waals surface area (Å²) in [4.78, 5) is 14.2. The predicted octanol–water partition coefficient (Wildman–Crippen LogP) is 0.364. The van der Waals surface area contributed by atoms with E-state index in [1.54, 1.807) is 0 Å². The molecule has 0 aromatic heterocycles. The molecule has 0 spiro atoms. The number of hydrogen-bond donors (Lipinski definition) is 2. The highest BCUT2D eigenvalue weighted by atomic mass is 16.1. The predicted molar refractivity (Wildman–Crippen MR) is 68.8 cm³/mol. The topological polar surface area (TPSA) is 44.4 Å². The Bertz CT molecular complexity index is 264. The molecule has 2 rings (SSSR count). The van der Waals surface area contributed by atoms with Crippen molar-refractivity contribution in [3.63, 3.8) is 0 Å². The van der Waals surface area contributed by atoms with Gasteiger partial charge in [-0.2, -0.15) is 0 Å². The summed E-state index contributed by atoms with van der Waals surface area (Å²) in [5.41, 5.74) is 0. The largest absolute Gasteiger partial charge is 0.356 e. The number of carbonyl (C=O) groups excluding carboxylic acids is 1. The lowest BCUT2D eigenvalue weighted by Crippen LogP contribution is -2.44. The highest BCUT2D eigenvalue weighted by Crippen LogP contribution is 2.17. The number of allylic oxidation sites excluding steroid dienone is 2. The van der Waals surface area contributed by atoms with E-state index in [9.17, 15) is 4.79 Å². The number of hydrogen-bond acceptors (Lipinski definition) is 3. The zero-order valence-corrected chi connectivity index (χ0v) is 10.5. The van der Waals surface area contributed by atoms with Gasteiger partial charge in [-0.3, -0.25) is 4.79 Å². The molecule has 17 heavy (non-hydrogen) atoms. The minimum atomic E-state index is 0.203. The maximum atomic E-state index is 11.7. The van der Waals surface area contributed by atoms with E-state index in [0.29, 0.717) is 0 Å². The van der Waals surface area contributed by atoms with E-state index in [1.165, 1.54) is 0 Å². The maximum absolute atomic E-state index is 11.7. The van der Waals surface area contributed by atoms with Crippen LogP contribution < -0.4 is 10.6 Å². The Morgan fingerprint density at radius 2 is 2.00 bits per heavy atom. The number of nitrogens with one attached hydrogen (secondary N) is 2. The summed E-state index contributed by atoms with van der Waals surface area (Å²) in [6.45, 7) is 6.39. The summed E-state index contributed by atoms with van der Waals surface area (Å²) in [6, 6.07) is 0. The van der Waals surface area contributed by atoms with Crippen molar-refractivity contribution in [2.45, 2.75) is 19.3 Å². The van der Waals surface area contributed by atoms with E-state index >= 15 is 0 Å². The van der Waals surface area contributed by atoms with Crippen LogP contribution in [0.3, 0.4) is 0 Å². The van der Waals surface area contributed by atoms with Crippen molar-refractivity contribution in [3.05, 3.63) is 12.2 Å². The molecule has 96 valence electrons. The summed E-state index contributed by atoms with van der Waals surface area (Å²) < 4.78 is 0. The molecule has 4 heteroatoms. The molecule has 0 saturated carbocycles. The van der Waals surface area contributed by atoms with Gasteiger partial charge >= 0.3 is 0 Å². The van der Waals surface area contributed by atoms with E-state index in [0.717, 1.165) is 58.5 Å². The number of carbonyl (C=O) groups is 1. The smallest absolute Gasteiger partial charge is 0.223 e. The van der Waals surface area contributed by atoms with Crippen molar-refractivity contribution in [1.29, 1.82) is 0 Å². The van der Waals surface area contributed by atoms with E-state index < -0.39 is 0 Å². The summed E-state index contributed by atoms with van der Waals surface area (Å²) in [6.07, 6.45) is 7.11. The Hall–Kier alpha value is -0.870. The van der Waals surface area contributed by atoms with Gasteiger partial charge in [-0.1, -0.05) is 12.2 Å². The first kappa shape index (κ1) is 12.6. The van der Waals surface area contributed by atoms with Crippen LogP contribution in [-0.2, 0) is 4.79 Å². The van der Waals surface area contributed by atoms with Gasteiger partial charge in [0.15, 0.2) is 0 Å². The Kier molecular flexibility index (Phi) is 5.01. The van der Waals surface area contributed by atoms with Crippen LogP contribution in [0.15, 0.2) is 12.2 Å². The van der Waals surface area contributed by atoms with Crippen molar-refractivity contribution in [2.24, 2.45) is 5.92 Å². The monoisotopic (exact) mass is 237 g/mol. The van der Waals surface area contributed by atoms with Crippen LogP contribution in [0.4, 0.5) is 0 Å². The van der Waals surface area contributed by atoms with Gasteiger partial charge in [0.25, 0.3) is 0 Å². The SMILES string of the molecule is O=C(NCCCN1CCNCC1)C1CC=CC1. The number of nitrogens with zero attached hydrogens (tertiary/aromatic N) is 1. The minimum absolute atomic E-state index is 0.203. The van der Waals surface area contributed by atoms with Crippen molar-refractivity contribution in [1.82, 2.24) is 15.5 Å². The van der Waals surface area contributed by atoms with Gasteiger partial charge in [0, 0.05) is 38.6 Å². The number of amides is 1. The van der Waals surface area contributed by atoms with Crippen LogP contribution in [0.25, 0.3) is 0 Å². The van der Waals surface area contributed by atoms with Gasteiger partial charge in [-0.25, -0.2) is 0 Å². The first-order valence-corrected chi connectivity index (χ1v) is 6.72. The highest BCUT2D eigenvalue weighted by Gasteiger charge is 2.18. The summed E-state index contributed by atoms with van der Waals surface area (Å²) in [5.74, 6) is 0.435. The molecule has 2 N–H and O–H groups in total. The highest BCUT2D eigenvalue weighted by molar-refractivity contribution is 5.79. The van der Waals surface area contributed by atoms with Crippen LogP contribution in [0.1, 0.15) is 19.3 Å². The molecule has 4 nitrogen and oxygen atoms in total. The number of piperazine rings is 1. The summed E-state index contributed by atoms with van der Waals surface area (Å²) >= 11 is 0. The Morgan fingerprint density at radius 1 is 1.29 bits per heavy atom. The average molecular weight is 237 g/mol. The van der Waals surface area contributed by atoms with E-state index in [2.05, 4.69) is 27.7 Å². The lowest BCUT2D eigenvalue weighted by Gasteiger charge is -2.27. The van der Waals surface area contributed by atoms with Gasteiger partial charge < -0.3 is 15.5 Å². The molecule has 1 heterocycles. The molecule has 0 atom stereocenters. The van der Waals surface area contributed by atoms with Crippen molar-refractivity contribution < 1.29 is 4.79 Å². The molecule has 0 aromatic rings. The zero-order valence-electron chi connectivity index (χ0n) is 10.5. The van der Waals surface area contributed by atoms with Crippen molar-refractivity contribution in [3.8, 4) is 0 Å². The van der Waals surface area contributed by atoms with Gasteiger partial charge in [-0.05, 0) is 25.8 Å². The molecule has 1 amide bonds. The Morgan fingerprint density at radius 3 is 2.71 bits per heavy atom. The molecule has 2 aliphatic rings. The normalized spacial score (nSPS) is 21.9. The van der Waals surface area contributed by atoms with Crippen LogP contribution >= 0.6 is 0 Å². The van der Waals surface area contributed by atoms with Gasteiger partial charge in [0.2, 0.25) is 5.91 Å². The summed E-state index contributed by atoms with van der Waals surface area (Å²) in [5, 5.41) is 6.39. The Labute approximate surface area is 103 Å². The molecule has 1 aliphatic carbocycles. The fourth-order valence-electron chi connectivity index (χ4n) is 2.42. The van der Waals surface area contributed by atoms with E-state index in [-0.39, 0.29) is 11.8 Å². The van der Waals surface area contributed by atoms with Crippen molar-refractivity contribution >= 4 is 5.91 Å². The molecule has 0 aromatic carbocycles. The zero-order chi connectivity index (χ0) is 11.9. The third-order valence-electron chi connectivity index (χ3n) is 3.54. The fourth-order valence-corrected chi connectivity index (χ4v) is 2.42. The molecule has 1 aliphatic heterocycles. The second-order valence-corrected chi connectivity index (χ2v) is 4.88. The fraction of sp³-hybridized carbons (Fsp3) is 0.769. The van der Waals surface area contributed by atoms with Crippen LogP contribution in [0.2, 0.25) is 0 Å². The minimum Gasteiger partial charge on any atom is -0.356 e. The van der Waals surface area contributed by atoms with Crippen LogP contribution in [0, 0.1) is 5.92 Å². The van der Waals surface area contributed by atoms with E-state index in [1.807, 2.05) is 0 Å². The molecule has 1 saturated heterocycles. The second-order valence-electron chi connectivity index (χ2n) is 4.88. The Balaban J connectivity index is 1.51. The first-order chi connectivity index (χ1) is 8.36. The molecule has 0 radical (unpaired) electrons. The molecule has 0 bridgehead atoms. The average Bonchev–Trinajstić information content (AvgIpc) is 2.89. The molecule has 1 fully saturated rings. The van der Waals surface area contributed by atoms with Crippen molar-refractivity contribution in [2.75, 3.05) is 39.3 Å². The quantitative estimate of drug-likeness (QED) is 0.536. The summed E-state index contributed by atoms with van der Waals surface area (Å²) in [7, 11) is 0. The first-order valence-electron chi connectivity index (χ1n) is 6.72. The third-order valence-corrected chi connectivity index (χ3v) is 3.54. The third kappa shape index (κ3) is 4.13. The van der Waals surface area contributed by atoms with Crippen LogP contribution in [0.5, 0.6) is 0 Å². The molecular formula is C13H23N3O. The molecule has 0 unspecified atom stereocenters. The standard InChI is InChI=1S/C13H23N3O/c17-13(12-4-1-2-5-12)15-6-3-9-16-10-7-14-8-11-16/h1-2,12,14H,3-11H2,(H,15,17). The lowest BCUT2D eigenvalue weighted by atomic mass is 10.1.